The van der Waals surface area contributed by atoms with E-state index in [0.717, 1.165) is 18.7 Å². The molecule has 152 valence electrons. The molecule has 8 heteroatoms. The minimum absolute atomic E-state index is 0.147. The first-order chi connectivity index (χ1) is 13.5. The second-order valence-corrected chi connectivity index (χ2v) is 8.59. The van der Waals surface area contributed by atoms with Crippen LogP contribution in [0.5, 0.6) is 11.5 Å². The first kappa shape index (κ1) is 20.9. The summed E-state index contributed by atoms with van der Waals surface area (Å²) in [6, 6.07) is 12.0. The highest BCUT2D eigenvalue weighted by Gasteiger charge is 2.24. The number of halogens is 1. The molecule has 0 bridgehead atoms. The predicted molar refractivity (Wildman–Crippen MR) is 110 cm³/mol. The van der Waals surface area contributed by atoms with Crippen molar-refractivity contribution < 1.29 is 17.9 Å². The summed E-state index contributed by atoms with van der Waals surface area (Å²) >= 11 is 6.39. The number of hydrogen-bond acceptors (Lipinski definition) is 5. The maximum atomic E-state index is 12.9. The van der Waals surface area contributed by atoms with Crippen LogP contribution in [0.25, 0.3) is 0 Å². The number of fused-ring (bicyclic) bond motifs is 1. The largest absolute Gasteiger partial charge is 0.486 e. The molecule has 0 fully saturated rings. The fourth-order valence-corrected chi connectivity index (χ4v) is 4.62. The lowest BCUT2D eigenvalue weighted by atomic mass is 10.1. The van der Waals surface area contributed by atoms with Crippen LogP contribution in [-0.4, -0.2) is 46.2 Å². The van der Waals surface area contributed by atoms with Crippen molar-refractivity contribution in [1.29, 1.82) is 0 Å². The zero-order valence-electron chi connectivity index (χ0n) is 16.0. The molecule has 0 aliphatic carbocycles. The molecular weight excluding hydrogens is 400 g/mol. The van der Waals surface area contributed by atoms with Gasteiger partial charge >= 0.3 is 0 Å². The van der Waals surface area contributed by atoms with Gasteiger partial charge in [0, 0.05) is 23.7 Å². The Morgan fingerprint density at radius 2 is 1.75 bits per heavy atom. The van der Waals surface area contributed by atoms with Crippen molar-refractivity contribution in [3.05, 3.63) is 53.1 Å². The highest BCUT2D eigenvalue weighted by molar-refractivity contribution is 7.89. The molecule has 6 nitrogen and oxygen atoms in total. The Balaban J connectivity index is 1.83. The van der Waals surface area contributed by atoms with E-state index >= 15 is 0 Å². The van der Waals surface area contributed by atoms with E-state index in [1.165, 1.54) is 12.1 Å². The Kier molecular flexibility index (Phi) is 6.82. The zero-order valence-corrected chi connectivity index (χ0v) is 17.6. The molecule has 1 heterocycles. The maximum absolute atomic E-state index is 12.9. The molecule has 0 saturated carbocycles. The quantitative estimate of drug-likeness (QED) is 0.702. The molecule has 3 rings (SSSR count). The van der Waals surface area contributed by atoms with E-state index in [1.807, 2.05) is 38.1 Å². The van der Waals surface area contributed by atoms with E-state index in [2.05, 4.69) is 9.62 Å². The van der Waals surface area contributed by atoms with Gasteiger partial charge in [-0.25, -0.2) is 13.1 Å². The number of ether oxygens (including phenoxy) is 2. The molecular formula is C20H25ClN2O4S. The van der Waals surface area contributed by atoms with Crippen molar-refractivity contribution in [2.45, 2.75) is 24.8 Å². The summed E-state index contributed by atoms with van der Waals surface area (Å²) in [4.78, 5) is 2.32. The van der Waals surface area contributed by atoms with E-state index < -0.39 is 10.0 Å². The molecule has 0 radical (unpaired) electrons. The summed E-state index contributed by atoms with van der Waals surface area (Å²) < 4.78 is 39.4. The van der Waals surface area contributed by atoms with Crippen molar-refractivity contribution in [3.8, 4) is 11.5 Å². The summed E-state index contributed by atoms with van der Waals surface area (Å²) in [6.45, 7) is 6.71. The average molecular weight is 425 g/mol. The second-order valence-electron chi connectivity index (χ2n) is 6.42. The Labute approximate surface area is 171 Å². The molecule has 1 unspecified atom stereocenters. The van der Waals surface area contributed by atoms with Gasteiger partial charge in [0.2, 0.25) is 10.0 Å². The molecule has 1 aliphatic heterocycles. The van der Waals surface area contributed by atoms with Crippen LogP contribution in [0.3, 0.4) is 0 Å². The first-order valence-corrected chi connectivity index (χ1v) is 11.2. The van der Waals surface area contributed by atoms with Gasteiger partial charge in [-0.15, -0.1) is 0 Å². The van der Waals surface area contributed by atoms with E-state index in [9.17, 15) is 8.42 Å². The summed E-state index contributed by atoms with van der Waals surface area (Å²) in [5.74, 6) is 1.00. The van der Waals surface area contributed by atoms with Gasteiger partial charge in [0.1, 0.15) is 13.2 Å². The number of nitrogens with one attached hydrogen (secondary N) is 1. The number of benzene rings is 2. The standard InChI is InChI=1S/C20H25ClN2O4S/c1-3-23(4-2)18(16-7-5-6-8-17(16)21)14-22-28(24,25)15-9-10-19-20(13-15)27-12-11-26-19/h5-10,13,18,22H,3-4,11-12,14H2,1-2H3. The molecule has 0 saturated heterocycles. The smallest absolute Gasteiger partial charge is 0.240 e. The van der Waals surface area contributed by atoms with Crippen LogP contribution in [0.15, 0.2) is 47.4 Å². The summed E-state index contributed by atoms with van der Waals surface area (Å²) in [6.07, 6.45) is 0. The van der Waals surface area contributed by atoms with Gasteiger partial charge in [0.05, 0.1) is 4.90 Å². The van der Waals surface area contributed by atoms with Crippen LogP contribution >= 0.6 is 11.6 Å². The van der Waals surface area contributed by atoms with Gasteiger partial charge in [-0.2, -0.15) is 0 Å². The monoisotopic (exact) mass is 424 g/mol. The molecule has 1 aliphatic rings. The molecule has 28 heavy (non-hydrogen) atoms. The second kappa shape index (κ2) is 9.13. The Morgan fingerprint density at radius 3 is 2.43 bits per heavy atom. The van der Waals surface area contributed by atoms with Crippen molar-refractivity contribution >= 4 is 21.6 Å². The van der Waals surface area contributed by atoms with Crippen molar-refractivity contribution in [3.63, 3.8) is 0 Å². The molecule has 1 N–H and O–H groups in total. The SMILES string of the molecule is CCN(CC)C(CNS(=O)(=O)c1ccc2c(c1)OCCO2)c1ccccc1Cl. The summed E-state index contributed by atoms with van der Waals surface area (Å²) in [5.41, 5.74) is 0.901. The summed E-state index contributed by atoms with van der Waals surface area (Å²) in [5, 5.41) is 0.623. The van der Waals surface area contributed by atoms with Gasteiger partial charge in [0.25, 0.3) is 0 Å². The van der Waals surface area contributed by atoms with Crippen LogP contribution in [0.1, 0.15) is 25.5 Å². The molecule has 0 spiro atoms. The highest BCUT2D eigenvalue weighted by Crippen LogP contribution is 2.32. The van der Waals surface area contributed by atoms with Gasteiger partial charge in [-0.3, -0.25) is 4.90 Å². The number of likely N-dealkylation sites (N-methyl/N-ethyl adjacent to an activating group) is 1. The normalized spacial score (nSPS) is 14.9. The minimum atomic E-state index is -3.71. The molecule has 1 atom stereocenters. The number of hydrogen-bond donors (Lipinski definition) is 1. The van der Waals surface area contributed by atoms with Crippen LogP contribution in [-0.2, 0) is 10.0 Å². The number of rotatable bonds is 8. The maximum Gasteiger partial charge on any atom is 0.240 e. The molecule has 2 aromatic carbocycles. The van der Waals surface area contributed by atoms with Crippen LogP contribution in [0.4, 0.5) is 0 Å². The highest BCUT2D eigenvalue weighted by atomic mass is 35.5. The average Bonchev–Trinajstić information content (AvgIpc) is 2.71. The molecule has 2 aromatic rings. The minimum Gasteiger partial charge on any atom is -0.486 e. The Hall–Kier alpha value is -1.80. The predicted octanol–water partition coefficient (Wildman–Crippen LogP) is 3.47. The topological polar surface area (TPSA) is 67.9 Å². The summed E-state index contributed by atoms with van der Waals surface area (Å²) in [7, 11) is -3.71. The third-order valence-electron chi connectivity index (χ3n) is 4.81. The zero-order chi connectivity index (χ0) is 20.1. The number of nitrogens with zero attached hydrogens (tertiary/aromatic N) is 1. The van der Waals surface area contributed by atoms with E-state index in [4.69, 9.17) is 21.1 Å². The molecule has 0 aromatic heterocycles. The lowest BCUT2D eigenvalue weighted by Crippen LogP contribution is -2.38. The fourth-order valence-electron chi connectivity index (χ4n) is 3.31. The van der Waals surface area contributed by atoms with Crippen molar-refractivity contribution in [2.75, 3.05) is 32.8 Å². The van der Waals surface area contributed by atoms with E-state index in [-0.39, 0.29) is 17.5 Å². The third kappa shape index (κ3) is 4.60. The lowest BCUT2D eigenvalue weighted by Gasteiger charge is -2.31. The van der Waals surface area contributed by atoms with Crippen LogP contribution in [0, 0.1) is 0 Å². The van der Waals surface area contributed by atoms with Crippen LogP contribution in [0.2, 0.25) is 5.02 Å². The number of sulfonamides is 1. The van der Waals surface area contributed by atoms with Gasteiger partial charge in [-0.1, -0.05) is 43.6 Å². The van der Waals surface area contributed by atoms with Crippen LogP contribution < -0.4 is 14.2 Å². The van der Waals surface area contributed by atoms with E-state index in [1.54, 1.807) is 6.07 Å². The lowest BCUT2D eigenvalue weighted by molar-refractivity contribution is 0.171. The van der Waals surface area contributed by atoms with Gasteiger partial charge in [0.15, 0.2) is 11.5 Å². The Bertz CT molecular complexity index is 916. The van der Waals surface area contributed by atoms with E-state index in [0.29, 0.717) is 29.7 Å². The molecule has 0 amide bonds. The third-order valence-corrected chi connectivity index (χ3v) is 6.57. The van der Waals surface area contributed by atoms with Gasteiger partial charge in [-0.05, 0) is 36.9 Å². The Morgan fingerprint density at radius 1 is 1.07 bits per heavy atom. The fraction of sp³-hybridized carbons (Fsp3) is 0.400. The van der Waals surface area contributed by atoms with Gasteiger partial charge < -0.3 is 9.47 Å². The van der Waals surface area contributed by atoms with Crippen molar-refractivity contribution in [2.24, 2.45) is 0 Å². The first-order valence-electron chi connectivity index (χ1n) is 9.34. The van der Waals surface area contributed by atoms with Crippen molar-refractivity contribution in [1.82, 2.24) is 9.62 Å².